The van der Waals surface area contributed by atoms with Crippen LogP contribution in [-0.4, -0.2) is 40.7 Å². The van der Waals surface area contributed by atoms with E-state index in [1.165, 1.54) is 0 Å². The average molecular weight is 240 g/mol. The first-order valence-corrected chi connectivity index (χ1v) is 5.73. The summed E-state index contributed by atoms with van der Waals surface area (Å²) in [6, 6.07) is 9.74. The third-order valence-corrected chi connectivity index (χ3v) is 2.66. The number of aliphatic hydroxyl groups excluding tert-OH is 3. The Kier molecular flexibility index (Phi) is 6.15. The number of aliphatic hydroxyl groups is 3. The Labute approximate surface area is 101 Å². The Morgan fingerprint density at radius 1 is 1.18 bits per heavy atom. The zero-order chi connectivity index (χ0) is 12.7. The van der Waals surface area contributed by atoms with Crippen LogP contribution >= 0.6 is 0 Å². The van der Waals surface area contributed by atoms with Crippen molar-refractivity contribution in [1.29, 1.82) is 0 Å². The Bertz CT molecular complexity index is 302. The smallest absolute Gasteiger partial charge is 0.103 e. The van der Waals surface area contributed by atoms with Gasteiger partial charge in [-0.05, 0) is 5.56 Å². The average Bonchev–Trinajstić information content (AvgIpc) is 2.38. The molecule has 0 aromatic heterocycles. The molecule has 1 rings (SSSR count). The lowest BCUT2D eigenvalue weighted by Crippen LogP contribution is -2.36. The first-order valence-electron chi connectivity index (χ1n) is 5.73. The van der Waals surface area contributed by atoms with Crippen LogP contribution in [0.5, 0.6) is 0 Å². The summed E-state index contributed by atoms with van der Waals surface area (Å²) in [6.07, 6.45) is -2.07. The molecule has 96 valence electrons. The molecule has 0 saturated heterocycles. The standard InChI is InChI=1S/C13H20O4/c1-10(13(16)12(15)7-14)8-17-9-11-5-3-2-4-6-11/h2-6,10,12-16H,7-9H2,1H3/t10-,12-,13+/m1/s1. The minimum Gasteiger partial charge on any atom is -0.394 e. The van der Waals surface area contributed by atoms with Gasteiger partial charge in [-0.15, -0.1) is 0 Å². The van der Waals surface area contributed by atoms with E-state index < -0.39 is 18.8 Å². The molecule has 3 N–H and O–H groups in total. The van der Waals surface area contributed by atoms with E-state index in [9.17, 15) is 10.2 Å². The van der Waals surface area contributed by atoms with E-state index in [2.05, 4.69) is 0 Å². The number of benzene rings is 1. The van der Waals surface area contributed by atoms with Crippen molar-refractivity contribution in [2.45, 2.75) is 25.7 Å². The molecule has 0 spiro atoms. The van der Waals surface area contributed by atoms with Crippen molar-refractivity contribution in [3.63, 3.8) is 0 Å². The van der Waals surface area contributed by atoms with Crippen LogP contribution in [0, 0.1) is 5.92 Å². The van der Waals surface area contributed by atoms with Crippen molar-refractivity contribution >= 4 is 0 Å². The van der Waals surface area contributed by atoms with Crippen LogP contribution in [0.4, 0.5) is 0 Å². The third-order valence-electron chi connectivity index (χ3n) is 2.66. The fourth-order valence-corrected chi connectivity index (χ4v) is 1.52. The maximum atomic E-state index is 9.59. The van der Waals surface area contributed by atoms with Gasteiger partial charge in [0.15, 0.2) is 0 Å². The molecule has 0 heterocycles. The second-order valence-corrected chi connectivity index (χ2v) is 4.22. The zero-order valence-electron chi connectivity index (χ0n) is 9.99. The summed E-state index contributed by atoms with van der Waals surface area (Å²) in [4.78, 5) is 0. The van der Waals surface area contributed by atoms with Gasteiger partial charge in [-0.3, -0.25) is 0 Å². The summed E-state index contributed by atoms with van der Waals surface area (Å²) in [5, 5.41) is 27.6. The van der Waals surface area contributed by atoms with Crippen molar-refractivity contribution in [2.24, 2.45) is 5.92 Å². The first kappa shape index (κ1) is 14.1. The molecule has 17 heavy (non-hydrogen) atoms. The Hall–Kier alpha value is -0.940. The summed E-state index contributed by atoms with van der Waals surface area (Å²) in [5.41, 5.74) is 1.07. The predicted octanol–water partition coefficient (Wildman–Crippen LogP) is 0.553. The van der Waals surface area contributed by atoms with E-state index in [4.69, 9.17) is 9.84 Å². The summed E-state index contributed by atoms with van der Waals surface area (Å²) < 4.78 is 5.44. The Morgan fingerprint density at radius 2 is 1.82 bits per heavy atom. The Morgan fingerprint density at radius 3 is 2.41 bits per heavy atom. The molecule has 0 aliphatic rings. The van der Waals surface area contributed by atoms with Crippen LogP contribution in [0.1, 0.15) is 12.5 Å². The maximum absolute atomic E-state index is 9.59. The zero-order valence-corrected chi connectivity index (χ0v) is 9.99. The SMILES string of the molecule is C[C@H](COCc1ccccc1)[C@H](O)[C@H](O)CO. The van der Waals surface area contributed by atoms with Gasteiger partial charge in [-0.25, -0.2) is 0 Å². The minimum atomic E-state index is -1.11. The quantitative estimate of drug-likeness (QED) is 0.651. The number of hydrogen-bond acceptors (Lipinski definition) is 4. The highest BCUT2D eigenvalue weighted by Gasteiger charge is 2.22. The highest BCUT2D eigenvalue weighted by molar-refractivity contribution is 5.13. The molecule has 0 bridgehead atoms. The largest absolute Gasteiger partial charge is 0.394 e. The summed E-state index contributed by atoms with van der Waals surface area (Å²) in [5.74, 6) is -0.221. The summed E-state index contributed by atoms with van der Waals surface area (Å²) >= 11 is 0. The molecule has 0 fully saturated rings. The van der Waals surface area contributed by atoms with Gasteiger partial charge in [0.2, 0.25) is 0 Å². The lowest BCUT2D eigenvalue weighted by Gasteiger charge is -2.22. The lowest BCUT2D eigenvalue weighted by molar-refractivity contribution is -0.0600. The normalized spacial score (nSPS) is 16.5. The van der Waals surface area contributed by atoms with Crippen molar-refractivity contribution in [2.75, 3.05) is 13.2 Å². The first-order chi connectivity index (χ1) is 8.15. The molecule has 0 saturated carbocycles. The maximum Gasteiger partial charge on any atom is 0.103 e. The van der Waals surface area contributed by atoms with Gasteiger partial charge in [0.1, 0.15) is 6.10 Å². The van der Waals surface area contributed by atoms with E-state index >= 15 is 0 Å². The molecule has 0 unspecified atom stereocenters. The number of hydrogen-bond donors (Lipinski definition) is 3. The highest BCUT2D eigenvalue weighted by Crippen LogP contribution is 2.09. The Balaban J connectivity index is 2.27. The number of rotatable bonds is 7. The molecule has 0 aliphatic carbocycles. The highest BCUT2D eigenvalue weighted by atomic mass is 16.5. The van der Waals surface area contributed by atoms with Gasteiger partial charge >= 0.3 is 0 Å². The van der Waals surface area contributed by atoms with E-state index in [0.717, 1.165) is 5.56 Å². The summed E-state index contributed by atoms with van der Waals surface area (Å²) in [7, 11) is 0. The minimum absolute atomic E-state index is 0.221. The number of ether oxygens (including phenoxy) is 1. The molecule has 1 aromatic rings. The van der Waals surface area contributed by atoms with Crippen LogP contribution in [0.3, 0.4) is 0 Å². The van der Waals surface area contributed by atoms with Crippen LogP contribution in [0.25, 0.3) is 0 Å². The molecule has 4 nitrogen and oxygen atoms in total. The van der Waals surface area contributed by atoms with E-state index in [1.807, 2.05) is 30.3 Å². The van der Waals surface area contributed by atoms with Gasteiger partial charge in [-0.1, -0.05) is 37.3 Å². The second kappa shape index (κ2) is 7.40. The van der Waals surface area contributed by atoms with Gasteiger partial charge in [0.25, 0.3) is 0 Å². The summed E-state index contributed by atoms with van der Waals surface area (Å²) in [6.45, 7) is 2.15. The van der Waals surface area contributed by atoms with E-state index in [0.29, 0.717) is 13.2 Å². The van der Waals surface area contributed by atoms with Crippen LogP contribution in [0.2, 0.25) is 0 Å². The fraction of sp³-hybridized carbons (Fsp3) is 0.538. The molecule has 0 amide bonds. The molecule has 4 heteroatoms. The second-order valence-electron chi connectivity index (χ2n) is 4.22. The van der Waals surface area contributed by atoms with Crippen molar-refractivity contribution in [1.82, 2.24) is 0 Å². The molecule has 1 aromatic carbocycles. The molecule has 3 atom stereocenters. The van der Waals surface area contributed by atoms with Crippen LogP contribution in [-0.2, 0) is 11.3 Å². The van der Waals surface area contributed by atoms with Crippen molar-refractivity contribution in [3.8, 4) is 0 Å². The van der Waals surface area contributed by atoms with E-state index in [-0.39, 0.29) is 5.92 Å². The molecule has 0 aliphatic heterocycles. The van der Waals surface area contributed by atoms with E-state index in [1.54, 1.807) is 6.92 Å². The van der Waals surface area contributed by atoms with Gasteiger partial charge in [0.05, 0.1) is 25.9 Å². The topological polar surface area (TPSA) is 69.9 Å². The predicted molar refractivity (Wildman–Crippen MR) is 64.4 cm³/mol. The lowest BCUT2D eigenvalue weighted by atomic mass is 10.0. The third kappa shape index (κ3) is 4.83. The van der Waals surface area contributed by atoms with Gasteiger partial charge < -0.3 is 20.1 Å². The van der Waals surface area contributed by atoms with Gasteiger partial charge in [-0.2, -0.15) is 0 Å². The van der Waals surface area contributed by atoms with Crippen molar-refractivity contribution in [3.05, 3.63) is 35.9 Å². The fourth-order valence-electron chi connectivity index (χ4n) is 1.52. The van der Waals surface area contributed by atoms with Gasteiger partial charge in [0, 0.05) is 5.92 Å². The molecular weight excluding hydrogens is 220 g/mol. The van der Waals surface area contributed by atoms with Crippen LogP contribution < -0.4 is 0 Å². The molecule has 0 radical (unpaired) electrons. The molecular formula is C13H20O4. The van der Waals surface area contributed by atoms with Crippen LogP contribution in [0.15, 0.2) is 30.3 Å². The monoisotopic (exact) mass is 240 g/mol. The van der Waals surface area contributed by atoms with Crippen molar-refractivity contribution < 1.29 is 20.1 Å².